The third-order valence-electron chi connectivity index (χ3n) is 2.43. The highest BCUT2D eigenvalue weighted by molar-refractivity contribution is 5.83. The van der Waals surface area contributed by atoms with Crippen molar-refractivity contribution in [2.75, 3.05) is 0 Å². The molecule has 1 aromatic heterocycles. The van der Waals surface area contributed by atoms with Gasteiger partial charge in [0.2, 0.25) is 0 Å². The van der Waals surface area contributed by atoms with Gasteiger partial charge < -0.3 is 10.1 Å². The lowest BCUT2D eigenvalue weighted by Crippen LogP contribution is -1.87. The first-order valence-corrected chi connectivity index (χ1v) is 5.32. The Hall–Kier alpha value is -2.29. The lowest BCUT2D eigenvalue weighted by atomic mass is 10.2. The van der Waals surface area contributed by atoms with Crippen molar-refractivity contribution in [2.45, 2.75) is 6.92 Å². The van der Waals surface area contributed by atoms with Crippen LogP contribution in [0.3, 0.4) is 0 Å². The van der Waals surface area contributed by atoms with E-state index in [4.69, 9.17) is 5.11 Å². The number of H-pyrrole nitrogens is 1. The summed E-state index contributed by atoms with van der Waals surface area (Å²) in [6, 6.07) is 10.0. The first kappa shape index (κ1) is 11.2. The molecule has 0 unspecified atom stereocenters. The Balaban J connectivity index is 2.24. The fraction of sp³-hybridized carbons (Fsp3) is 0.0714. The summed E-state index contributed by atoms with van der Waals surface area (Å²) in [5.74, 6) is -0.927. The molecule has 0 radical (unpaired) electrons. The maximum absolute atomic E-state index is 10.4. The number of para-hydroxylation sites is 1. The van der Waals surface area contributed by atoms with Gasteiger partial charge >= 0.3 is 5.97 Å². The molecule has 3 nitrogen and oxygen atoms in total. The summed E-state index contributed by atoms with van der Waals surface area (Å²) in [6.07, 6.45) is 4.83. The van der Waals surface area contributed by atoms with E-state index < -0.39 is 5.97 Å². The fourth-order valence-electron chi connectivity index (χ4n) is 1.65. The molecule has 86 valence electrons. The second kappa shape index (κ2) is 4.70. The molecule has 0 aliphatic heterocycles. The van der Waals surface area contributed by atoms with Gasteiger partial charge in [-0.2, -0.15) is 0 Å². The molecule has 0 aliphatic carbocycles. The molecule has 1 aromatic carbocycles. The lowest BCUT2D eigenvalue weighted by molar-refractivity contribution is -0.131. The van der Waals surface area contributed by atoms with Crippen LogP contribution in [0, 0.1) is 0 Å². The normalized spacial score (nSPS) is 12.4. The van der Waals surface area contributed by atoms with Crippen LogP contribution in [-0.4, -0.2) is 16.1 Å². The van der Waals surface area contributed by atoms with Gasteiger partial charge in [0, 0.05) is 17.3 Å². The number of aromatic amines is 1. The maximum Gasteiger partial charge on any atom is 0.328 e. The van der Waals surface area contributed by atoms with Gasteiger partial charge in [-0.15, -0.1) is 0 Å². The van der Waals surface area contributed by atoms with Crippen LogP contribution in [0.25, 0.3) is 17.0 Å². The molecule has 0 atom stereocenters. The topological polar surface area (TPSA) is 53.1 Å². The van der Waals surface area contributed by atoms with Crippen LogP contribution in [-0.2, 0) is 4.79 Å². The number of carbonyl (C=O) groups is 1. The van der Waals surface area contributed by atoms with Crippen LogP contribution in [0.5, 0.6) is 0 Å². The van der Waals surface area contributed by atoms with E-state index >= 15 is 0 Å². The zero-order chi connectivity index (χ0) is 12.3. The summed E-state index contributed by atoms with van der Waals surface area (Å²) >= 11 is 0. The number of fused-ring (bicyclic) bond motifs is 1. The number of carboxylic acids is 1. The van der Waals surface area contributed by atoms with Crippen molar-refractivity contribution in [1.29, 1.82) is 0 Å². The molecule has 0 fully saturated rings. The molecule has 0 saturated heterocycles. The third kappa shape index (κ3) is 2.84. The maximum atomic E-state index is 10.4. The Labute approximate surface area is 99.1 Å². The Morgan fingerprint density at radius 2 is 2.12 bits per heavy atom. The van der Waals surface area contributed by atoms with Crippen molar-refractivity contribution in [3.05, 3.63) is 53.8 Å². The quantitative estimate of drug-likeness (QED) is 0.625. The van der Waals surface area contributed by atoms with Crippen LogP contribution in [0.2, 0.25) is 0 Å². The molecular formula is C14H13NO2. The zero-order valence-corrected chi connectivity index (χ0v) is 9.47. The largest absolute Gasteiger partial charge is 0.478 e. The predicted octanol–water partition coefficient (Wildman–Crippen LogP) is 3.21. The van der Waals surface area contributed by atoms with Crippen molar-refractivity contribution in [1.82, 2.24) is 4.98 Å². The standard InChI is InChI=1S/C14H13NO2/c1-10(8-14(16)17)6-7-12-9-11-4-2-3-5-13(11)15-12/h2-9,15H,1H3,(H,16,17). The number of hydrogen-bond acceptors (Lipinski definition) is 1. The van der Waals surface area contributed by atoms with Gasteiger partial charge in [0.25, 0.3) is 0 Å². The lowest BCUT2D eigenvalue weighted by Gasteiger charge is -1.89. The minimum atomic E-state index is -0.927. The second-order valence-electron chi connectivity index (χ2n) is 3.87. The minimum absolute atomic E-state index is 0.705. The van der Waals surface area contributed by atoms with Gasteiger partial charge in [-0.1, -0.05) is 24.3 Å². The predicted molar refractivity (Wildman–Crippen MR) is 68.7 cm³/mol. The van der Waals surface area contributed by atoms with Crippen molar-refractivity contribution in [2.24, 2.45) is 0 Å². The first-order chi connectivity index (χ1) is 8.15. The number of benzene rings is 1. The summed E-state index contributed by atoms with van der Waals surface area (Å²) in [5.41, 5.74) is 2.74. The number of carboxylic acid groups (broad SMARTS) is 1. The molecule has 2 rings (SSSR count). The number of hydrogen-bond donors (Lipinski definition) is 2. The fourth-order valence-corrected chi connectivity index (χ4v) is 1.65. The molecule has 17 heavy (non-hydrogen) atoms. The average molecular weight is 227 g/mol. The number of nitrogens with one attached hydrogen (secondary N) is 1. The molecule has 2 N–H and O–H groups in total. The number of aromatic nitrogens is 1. The molecule has 0 amide bonds. The van der Waals surface area contributed by atoms with E-state index in [9.17, 15) is 4.79 Å². The summed E-state index contributed by atoms with van der Waals surface area (Å²) < 4.78 is 0. The molecule has 2 aromatic rings. The van der Waals surface area contributed by atoms with Crippen LogP contribution in [0.4, 0.5) is 0 Å². The van der Waals surface area contributed by atoms with E-state index in [2.05, 4.69) is 4.98 Å². The second-order valence-corrected chi connectivity index (χ2v) is 3.87. The summed E-state index contributed by atoms with van der Waals surface area (Å²) in [4.78, 5) is 13.7. The van der Waals surface area contributed by atoms with E-state index in [1.165, 1.54) is 6.08 Å². The van der Waals surface area contributed by atoms with Gasteiger partial charge in [-0.05, 0) is 36.1 Å². The highest BCUT2D eigenvalue weighted by Crippen LogP contribution is 2.15. The van der Waals surface area contributed by atoms with Crippen molar-refractivity contribution in [3.63, 3.8) is 0 Å². The summed E-state index contributed by atoms with van der Waals surface area (Å²) in [6.45, 7) is 1.76. The average Bonchev–Trinajstić information content (AvgIpc) is 2.68. The van der Waals surface area contributed by atoms with E-state index in [1.807, 2.05) is 36.4 Å². The van der Waals surface area contributed by atoms with Crippen molar-refractivity contribution >= 4 is 22.9 Å². The number of allylic oxidation sites excluding steroid dienone is 2. The molecule has 0 aliphatic rings. The SMILES string of the molecule is CC(C=Cc1cc2ccccc2[nH]1)=CC(=O)O. The first-order valence-electron chi connectivity index (χ1n) is 5.32. The van der Waals surface area contributed by atoms with Crippen molar-refractivity contribution < 1.29 is 9.90 Å². The molecule has 3 heteroatoms. The Morgan fingerprint density at radius 3 is 2.82 bits per heavy atom. The van der Waals surface area contributed by atoms with Crippen molar-refractivity contribution in [3.8, 4) is 0 Å². The van der Waals surface area contributed by atoms with Crippen LogP contribution in [0.15, 0.2) is 48.1 Å². The molecule has 0 spiro atoms. The smallest absolute Gasteiger partial charge is 0.328 e. The van der Waals surface area contributed by atoms with Gasteiger partial charge in [-0.3, -0.25) is 0 Å². The number of rotatable bonds is 3. The van der Waals surface area contributed by atoms with E-state index in [-0.39, 0.29) is 0 Å². The van der Waals surface area contributed by atoms with Crippen LogP contribution >= 0.6 is 0 Å². The van der Waals surface area contributed by atoms with Gasteiger partial charge in [0.1, 0.15) is 0 Å². The molecule has 0 saturated carbocycles. The molecule has 1 heterocycles. The molecule has 0 bridgehead atoms. The Morgan fingerprint density at radius 1 is 1.35 bits per heavy atom. The van der Waals surface area contributed by atoms with E-state index in [0.29, 0.717) is 5.57 Å². The van der Waals surface area contributed by atoms with Gasteiger partial charge in [0.15, 0.2) is 0 Å². The molecular weight excluding hydrogens is 214 g/mol. The zero-order valence-electron chi connectivity index (χ0n) is 9.47. The highest BCUT2D eigenvalue weighted by atomic mass is 16.4. The van der Waals surface area contributed by atoms with E-state index in [0.717, 1.165) is 16.6 Å². The Kier molecular flexibility index (Phi) is 3.10. The van der Waals surface area contributed by atoms with Gasteiger partial charge in [-0.25, -0.2) is 4.79 Å². The van der Waals surface area contributed by atoms with Crippen LogP contribution in [0.1, 0.15) is 12.6 Å². The Bertz CT molecular complexity index is 572. The highest BCUT2D eigenvalue weighted by Gasteiger charge is 1.96. The van der Waals surface area contributed by atoms with Gasteiger partial charge in [0.05, 0.1) is 0 Å². The minimum Gasteiger partial charge on any atom is -0.478 e. The summed E-state index contributed by atoms with van der Waals surface area (Å²) in [7, 11) is 0. The van der Waals surface area contributed by atoms with Crippen LogP contribution < -0.4 is 0 Å². The number of aliphatic carboxylic acids is 1. The van der Waals surface area contributed by atoms with E-state index in [1.54, 1.807) is 13.0 Å². The summed E-state index contributed by atoms with van der Waals surface area (Å²) in [5, 5.41) is 9.72. The monoisotopic (exact) mass is 227 g/mol. The third-order valence-corrected chi connectivity index (χ3v) is 2.43.